The molecule has 0 bridgehead atoms. The van der Waals surface area contributed by atoms with Crippen LogP contribution in [0.15, 0.2) is 24.3 Å². The summed E-state index contributed by atoms with van der Waals surface area (Å²) in [5.74, 6) is 6.36. The Labute approximate surface area is 114 Å². The molecule has 0 aliphatic carbocycles. The molecule has 19 heavy (non-hydrogen) atoms. The third-order valence-electron chi connectivity index (χ3n) is 3.50. The van der Waals surface area contributed by atoms with Crippen molar-refractivity contribution in [1.82, 2.24) is 4.90 Å². The largest absolute Gasteiger partial charge is 0.338 e. The van der Waals surface area contributed by atoms with Crippen LogP contribution in [0.5, 0.6) is 0 Å². The molecule has 2 N–H and O–H groups in total. The second-order valence-corrected chi connectivity index (χ2v) is 4.97. The quantitative estimate of drug-likeness (QED) is 0.820. The van der Waals surface area contributed by atoms with E-state index in [1.54, 1.807) is 0 Å². The number of nitrogens with zero attached hydrogens (tertiary/aromatic N) is 1. The number of carbonyl (C=O) groups is 1. The molecule has 1 fully saturated rings. The number of benzene rings is 1. The molecule has 0 aromatic heterocycles. The molecule has 100 valence electrons. The van der Waals surface area contributed by atoms with Gasteiger partial charge in [0, 0.05) is 24.6 Å². The van der Waals surface area contributed by atoms with E-state index in [4.69, 9.17) is 5.73 Å². The van der Waals surface area contributed by atoms with Crippen LogP contribution in [0.25, 0.3) is 0 Å². The number of amides is 1. The summed E-state index contributed by atoms with van der Waals surface area (Å²) >= 11 is 0. The fraction of sp³-hybridized carbons (Fsp3) is 0.438. The van der Waals surface area contributed by atoms with Gasteiger partial charge in [0.1, 0.15) is 0 Å². The van der Waals surface area contributed by atoms with Gasteiger partial charge in [-0.3, -0.25) is 4.79 Å². The van der Waals surface area contributed by atoms with Crippen LogP contribution < -0.4 is 5.73 Å². The van der Waals surface area contributed by atoms with Gasteiger partial charge in [-0.2, -0.15) is 0 Å². The zero-order chi connectivity index (χ0) is 13.7. The molecule has 1 aromatic rings. The first kappa shape index (κ1) is 13.6. The maximum Gasteiger partial charge on any atom is 0.225 e. The molecular formula is C16H20N2O. The summed E-state index contributed by atoms with van der Waals surface area (Å²) in [5.41, 5.74) is 7.49. The average molecular weight is 256 g/mol. The van der Waals surface area contributed by atoms with Crippen molar-refractivity contribution in [2.75, 3.05) is 13.1 Å². The lowest BCUT2D eigenvalue weighted by Gasteiger charge is -2.31. The highest BCUT2D eigenvalue weighted by Gasteiger charge is 2.25. The molecule has 0 spiro atoms. The van der Waals surface area contributed by atoms with Crippen molar-refractivity contribution in [1.29, 1.82) is 0 Å². The summed E-state index contributed by atoms with van der Waals surface area (Å²) in [6, 6.07) is 7.97. The summed E-state index contributed by atoms with van der Waals surface area (Å²) in [7, 11) is 0. The molecule has 1 saturated heterocycles. The minimum Gasteiger partial charge on any atom is -0.338 e. The molecule has 3 nitrogen and oxygen atoms in total. The van der Waals surface area contributed by atoms with Gasteiger partial charge < -0.3 is 10.6 Å². The Kier molecular flexibility index (Phi) is 4.59. The second-order valence-electron chi connectivity index (χ2n) is 4.97. The van der Waals surface area contributed by atoms with Crippen molar-refractivity contribution in [3.8, 4) is 11.8 Å². The number of nitrogens with two attached hydrogens (primary N) is 1. The SMILES string of the molecule is CC1CCCN(Cc2ccccc2C#CCN)C1=O. The molecule has 1 amide bonds. The maximum absolute atomic E-state index is 12.1. The normalized spacial score (nSPS) is 18.9. The lowest BCUT2D eigenvalue weighted by atomic mass is 9.98. The van der Waals surface area contributed by atoms with Gasteiger partial charge in [-0.25, -0.2) is 0 Å². The fourth-order valence-corrected chi connectivity index (χ4v) is 2.42. The van der Waals surface area contributed by atoms with Crippen LogP contribution >= 0.6 is 0 Å². The van der Waals surface area contributed by atoms with E-state index in [1.165, 1.54) is 0 Å². The summed E-state index contributed by atoms with van der Waals surface area (Å²) in [6.45, 7) is 3.86. The molecular weight excluding hydrogens is 236 g/mol. The lowest BCUT2D eigenvalue weighted by Crippen LogP contribution is -2.39. The average Bonchev–Trinajstić information content (AvgIpc) is 2.43. The van der Waals surface area contributed by atoms with Crippen molar-refractivity contribution in [3.05, 3.63) is 35.4 Å². The number of hydrogen-bond donors (Lipinski definition) is 1. The van der Waals surface area contributed by atoms with E-state index in [0.717, 1.165) is 30.5 Å². The smallest absolute Gasteiger partial charge is 0.225 e. The van der Waals surface area contributed by atoms with E-state index in [9.17, 15) is 4.79 Å². The fourth-order valence-electron chi connectivity index (χ4n) is 2.42. The molecule has 1 atom stereocenters. The van der Waals surface area contributed by atoms with Gasteiger partial charge in [0.25, 0.3) is 0 Å². The molecule has 3 heteroatoms. The summed E-state index contributed by atoms with van der Waals surface area (Å²) in [6.07, 6.45) is 2.09. The number of rotatable bonds is 2. The number of likely N-dealkylation sites (tertiary alicyclic amines) is 1. The van der Waals surface area contributed by atoms with Crippen LogP contribution in [0.3, 0.4) is 0 Å². The third kappa shape index (κ3) is 3.36. The van der Waals surface area contributed by atoms with E-state index in [2.05, 4.69) is 11.8 Å². The standard InChI is InChI=1S/C16H20N2O/c1-13-6-5-11-18(16(13)19)12-15-8-3-2-7-14(15)9-4-10-17/h2-3,7-8,13H,5-6,10-12,17H2,1H3. The minimum absolute atomic E-state index is 0.149. The predicted molar refractivity (Wildman–Crippen MR) is 76.2 cm³/mol. The number of hydrogen-bond acceptors (Lipinski definition) is 2. The lowest BCUT2D eigenvalue weighted by molar-refractivity contribution is -0.138. The Morgan fingerprint density at radius 3 is 3.00 bits per heavy atom. The zero-order valence-electron chi connectivity index (χ0n) is 11.4. The summed E-state index contributed by atoms with van der Waals surface area (Å²) in [5, 5.41) is 0. The van der Waals surface area contributed by atoms with Crippen molar-refractivity contribution in [2.24, 2.45) is 11.7 Å². The molecule has 0 saturated carbocycles. The summed E-state index contributed by atoms with van der Waals surface area (Å²) < 4.78 is 0. The van der Waals surface area contributed by atoms with Crippen molar-refractivity contribution in [2.45, 2.75) is 26.3 Å². The van der Waals surface area contributed by atoms with Gasteiger partial charge in [0.15, 0.2) is 0 Å². The van der Waals surface area contributed by atoms with E-state index < -0.39 is 0 Å². The van der Waals surface area contributed by atoms with E-state index in [-0.39, 0.29) is 11.8 Å². The van der Waals surface area contributed by atoms with Gasteiger partial charge in [-0.15, -0.1) is 0 Å². The Morgan fingerprint density at radius 2 is 2.21 bits per heavy atom. The highest BCUT2D eigenvalue weighted by Crippen LogP contribution is 2.20. The highest BCUT2D eigenvalue weighted by atomic mass is 16.2. The molecule has 1 aromatic carbocycles. The molecule has 0 radical (unpaired) electrons. The Morgan fingerprint density at radius 1 is 1.42 bits per heavy atom. The van der Waals surface area contributed by atoms with Gasteiger partial charge in [0.05, 0.1) is 6.54 Å². The van der Waals surface area contributed by atoms with Crippen molar-refractivity contribution in [3.63, 3.8) is 0 Å². The molecule has 1 unspecified atom stereocenters. The van der Waals surface area contributed by atoms with Crippen LogP contribution in [0.2, 0.25) is 0 Å². The topological polar surface area (TPSA) is 46.3 Å². The molecule has 1 aliphatic rings. The monoisotopic (exact) mass is 256 g/mol. The molecule has 2 rings (SSSR count). The van der Waals surface area contributed by atoms with Gasteiger partial charge >= 0.3 is 0 Å². The first-order valence-electron chi connectivity index (χ1n) is 6.78. The van der Waals surface area contributed by atoms with Crippen molar-refractivity contribution >= 4 is 5.91 Å². The van der Waals surface area contributed by atoms with Crippen LogP contribution in [-0.2, 0) is 11.3 Å². The predicted octanol–water partition coefficient (Wildman–Crippen LogP) is 1.76. The number of carbonyl (C=O) groups excluding carboxylic acids is 1. The van der Waals surface area contributed by atoms with Gasteiger partial charge in [-0.1, -0.05) is 37.0 Å². The summed E-state index contributed by atoms with van der Waals surface area (Å²) in [4.78, 5) is 14.1. The van der Waals surface area contributed by atoms with Crippen molar-refractivity contribution < 1.29 is 4.79 Å². The Hall–Kier alpha value is -1.79. The van der Waals surface area contributed by atoms with E-state index in [0.29, 0.717) is 13.1 Å². The van der Waals surface area contributed by atoms with Crippen LogP contribution in [-0.4, -0.2) is 23.9 Å². The minimum atomic E-state index is 0.149. The number of piperidine rings is 1. The molecule has 1 aliphatic heterocycles. The first-order valence-corrected chi connectivity index (χ1v) is 6.78. The van der Waals surface area contributed by atoms with Crippen LogP contribution in [0.4, 0.5) is 0 Å². The Balaban J connectivity index is 2.16. The van der Waals surface area contributed by atoms with Gasteiger partial charge in [-0.05, 0) is 24.5 Å². The van der Waals surface area contributed by atoms with E-state index in [1.807, 2.05) is 36.1 Å². The molecule has 1 heterocycles. The highest BCUT2D eigenvalue weighted by molar-refractivity contribution is 5.79. The second kappa shape index (κ2) is 6.40. The zero-order valence-corrected chi connectivity index (χ0v) is 11.4. The van der Waals surface area contributed by atoms with Crippen LogP contribution in [0, 0.1) is 17.8 Å². The maximum atomic E-state index is 12.1. The first-order chi connectivity index (χ1) is 9.22. The Bertz CT molecular complexity index is 513. The third-order valence-corrected chi connectivity index (χ3v) is 3.50. The van der Waals surface area contributed by atoms with Crippen LogP contribution in [0.1, 0.15) is 30.9 Å². The van der Waals surface area contributed by atoms with E-state index >= 15 is 0 Å². The van der Waals surface area contributed by atoms with Gasteiger partial charge in [0.2, 0.25) is 5.91 Å².